The van der Waals surface area contributed by atoms with Gasteiger partial charge in [-0.15, -0.1) is 0 Å². The number of imidazole rings is 1. The van der Waals surface area contributed by atoms with Crippen molar-refractivity contribution in [1.82, 2.24) is 9.97 Å². The van der Waals surface area contributed by atoms with Gasteiger partial charge in [0.1, 0.15) is 17.4 Å². The van der Waals surface area contributed by atoms with Gasteiger partial charge in [0.05, 0.1) is 11.0 Å². The van der Waals surface area contributed by atoms with Gasteiger partial charge in [-0.3, -0.25) is 4.79 Å². The van der Waals surface area contributed by atoms with E-state index in [4.69, 9.17) is 11.6 Å². The summed E-state index contributed by atoms with van der Waals surface area (Å²) < 4.78 is 0. The lowest BCUT2D eigenvalue weighted by atomic mass is 9.96. The van der Waals surface area contributed by atoms with E-state index in [1.807, 2.05) is 24.3 Å². The van der Waals surface area contributed by atoms with Crippen molar-refractivity contribution >= 4 is 39.7 Å². The summed E-state index contributed by atoms with van der Waals surface area (Å²) in [6.07, 6.45) is 0. The van der Waals surface area contributed by atoms with E-state index in [1.165, 1.54) is 0 Å². The molecule has 140 valence electrons. The lowest BCUT2D eigenvalue weighted by molar-refractivity contribution is 0.103. The van der Waals surface area contributed by atoms with E-state index in [0.717, 1.165) is 5.52 Å². The molecule has 3 aromatic carbocycles. The van der Waals surface area contributed by atoms with E-state index < -0.39 is 0 Å². The first-order valence-electron chi connectivity index (χ1n) is 8.76. The number of ketones is 1. The van der Waals surface area contributed by atoms with Crippen LogP contribution in [0.15, 0.2) is 72.8 Å². The quantitative estimate of drug-likeness (QED) is 0.273. The van der Waals surface area contributed by atoms with Crippen molar-refractivity contribution in [2.45, 2.75) is 0 Å². The van der Waals surface area contributed by atoms with Crippen LogP contribution in [-0.2, 0) is 0 Å². The Balaban J connectivity index is 1.84. The Morgan fingerprint density at radius 3 is 2.31 bits per heavy atom. The van der Waals surface area contributed by atoms with E-state index >= 15 is 0 Å². The molecule has 2 N–H and O–H groups in total. The largest absolute Gasteiger partial charge is 0.506 e. The molecule has 1 heterocycles. The Hall–Kier alpha value is -3.88. The minimum atomic E-state index is -0.315. The summed E-state index contributed by atoms with van der Waals surface area (Å²) in [5.74, 6) is -0.366. The highest BCUT2D eigenvalue weighted by Gasteiger charge is 2.20. The molecule has 0 saturated carbocycles. The number of aliphatic hydroxyl groups is 1. The van der Waals surface area contributed by atoms with Crippen LogP contribution in [0.5, 0.6) is 0 Å². The number of hydrogen-bond donors (Lipinski definition) is 2. The maximum atomic E-state index is 13.0. The van der Waals surface area contributed by atoms with Gasteiger partial charge < -0.3 is 10.1 Å². The molecule has 0 bridgehead atoms. The number of aromatic amines is 1. The number of nitrogens with one attached hydrogen (secondary N) is 1. The lowest BCUT2D eigenvalue weighted by Gasteiger charge is -2.09. The molecule has 0 radical (unpaired) electrons. The summed E-state index contributed by atoms with van der Waals surface area (Å²) in [4.78, 5) is 20.4. The van der Waals surface area contributed by atoms with Crippen LogP contribution in [0, 0.1) is 11.3 Å². The molecule has 4 aromatic rings. The number of aromatic nitrogens is 2. The SMILES string of the molecule is N#C/C(=C(/O)c1ccccc1C(=O)c1ccc(Cl)cc1)c1nc2ccccc2[nH]1. The normalized spacial score (nSPS) is 11.7. The zero-order chi connectivity index (χ0) is 20.4. The summed E-state index contributed by atoms with van der Waals surface area (Å²) in [5, 5.41) is 21.1. The average molecular weight is 400 g/mol. The lowest BCUT2D eigenvalue weighted by Crippen LogP contribution is -2.06. The molecule has 0 amide bonds. The molecule has 1 aromatic heterocycles. The molecule has 0 aliphatic rings. The van der Waals surface area contributed by atoms with E-state index in [2.05, 4.69) is 9.97 Å². The molecular weight excluding hydrogens is 386 g/mol. The Bertz CT molecular complexity index is 1260. The van der Waals surface area contributed by atoms with Gasteiger partial charge >= 0.3 is 0 Å². The first-order valence-corrected chi connectivity index (χ1v) is 9.14. The number of carbonyl (C=O) groups excluding carboxylic acids is 1. The zero-order valence-electron chi connectivity index (χ0n) is 15.1. The number of fused-ring (bicyclic) bond motifs is 1. The minimum absolute atomic E-state index is 0.0439. The predicted octanol–water partition coefficient (Wildman–Crippen LogP) is 5.40. The fourth-order valence-corrected chi connectivity index (χ4v) is 3.19. The number of para-hydroxylation sites is 2. The number of halogens is 1. The average Bonchev–Trinajstić information content (AvgIpc) is 3.18. The van der Waals surface area contributed by atoms with Crippen LogP contribution in [-0.4, -0.2) is 20.9 Å². The first kappa shape index (κ1) is 18.5. The van der Waals surface area contributed by atoms with Crippen LogP contribution in [0.4, 0.5) is 0 Å². The van der Waals surface area contributed by atoms with Crippen molar-refractivity contribution in [3.63, 3.8) is 0 Å². The molecule has 0 spiro atoms. The highest BCUT2D eigenvalue weighted by atomic mass is 35.5. The molecule has 6 heteroatoms. The van der Waals surface area contributed by atoms with Gasteiger partial charge in [-0.05, 0) is 36.4 Å². The monoisotopic (exact) mass is 399 g/mol. The third kappa shape index (κ3) is 3.49. The molecule has 0 unspecified atom stereocenters. The zero-order valence-corrected chi connectivity index (χ0v) is 15.8. The molecule has 4 rings (SSSR count). The third-order valence-electron chi connectivity index (χ3n) is 4.51. The first-order chi connectivity index (χ1) is 14.1. The smallest absolute Gasteiger partial charge is 0.193 e. The fraction of sp³-hybridized carbons (Fsp3) is 0. The highest BCUT2D eigenvalue weighted by molar-refractivity contribution is 6.30. The van der Waals surface area contributed by atoms with Gasteiger partial charge in [0.25, 0.3) is 0 Å². The number of nitriles is 1. The number of benzene rings is 3. The molecule has 0 fully saturated rings. The second-order valence-corrected chi connectivity index (χ2v) is 6.76. The second-order valence-electron chi connectivity index (χ2n) is 6.32. The second kappa shape index (κ2) is 7.63. The summed E-state index contributed by atoms with van der Waals surface area (Å²) >= 11 is 5.90. The molecular formula is C23H14ClN3O2. The Morgan fingerprint density at radius 1 is 0.966 bits per heavy atom. The molecule has 0 aliphatic heterocycles. The fourth-order valence-electron chi connectivity index (χ4n) is 3.07. The van der Waals surface area contributed by atoms with Crippen LogP contribution >= 0.6 is 11.6 Å². The maximum absolute atomic E-state index is 13.0. The van der Waals surface area contributed by atoms with Crippen LogP contribution in [0.3, 0.4) is 0 Å². The van der Waals surface area contributed by atoms with Crippen molar-refractivity contribution in [3.8, 4) is 6.07 Å². The van der Waals surface area contributed by atoms with Gasteiger partial charge in [0, 0.05) is 21.7 Å². The molecule has 0 saturated heterocycles. The van der Waals surface area contributed by atoms with Gasteiger partial charge in [-0.2, -0.15) is 5.26 Å². The van der Waals surface area contributed by atoms with Crippen LogP contribution in [0.1, 0.15) is 27.3 Å². The van der Waals surface area contributed by atoms with Crippen molar-refractivity contribution < 1.29 is 9.90 Å². The molecule has 0 atom stereocenters. The van der Waals surface area contributed by atoms with Gasteiger partial charge in [0.15, 0.2) is 11.6 Å². The maximum Gasteiger partial charge on any atom is 0.193 e. The number of aliphatic hydroxyl groups excluding tert-OH is 1. The van der Waals surface area contributed by atoms with Crippen molar-refractivity contribution in [3.05, 3.63) is 100 Å². The Kier molecular flexibility index (Phi) is 4.86. The van der Waals surface area contributed by atoms with Crippen molar-refractivity contribution in [2.24, 2.45) is 0 Å². The summed E-state index contributed by atoms with van der Waals surface area (Å²) in [6, 6.07) is 22.4. The summed E-state index contributed by atoms with van der Waals surface area (Å²) in [5.41, 5.74) is 2.33. The molecule has 5 nitrogen and oxygen atoms in total. The topological polar surface area (TPSA) is 89.8 Å². The summed E-state index contributed by atoms with van der Waals surface area (Å²) in [7, 11) is 0. The van der Waals surface area contributed by atoms with E-state index in [0.29, 0.717) is 16.1 Å². The molecule has 29 heavy (non-hydrogen) atoms. The number of allylic oxidation sites excluding steroid dienone is 1. The third-order valence-corrected chi connectivity index (χ3v) is 4.76. The van der Waals surface area contributed by atoms with Crippen LogP contribution in [0.2, 0.25) is 5.02 Å². The van der Waals surface area contributed by atoms with E-state index in [9.17, 15) is 15.2 Å². The van der Waals surface area contributed by atoms with Gasteiger partial charge in [-0.25, -0.2) is 4.98 Å². The van der Waals surface area contributed by atoms with E-state index in [-0.39, 0.29) is 34.1 Å². The van der Waals surface area contributed by atoms with E-state index in [1.54, 1.807) is 54.6 Å². The number of nitrogens with zero attached hydrogens (tertiary/aromatic N) is 2. The summed E-state index contributed by atoms with van der Waals surface area (Å²) in [6.45, 7) is 0. The van der Waals surface area contributed by atoms with Crippen LogP contribution < -0.4 is 0 Å². The van der Waals surface area contributed by atoms with Crippen molar-refractivity contribution in [2.75, 3.05) is 0 Å². The molecule has 0 aliphatic carbocycles. The Labute approximate surface area is 171 Å². The number of rotatable bonds is 4. The number of H-pyrrole nitrogens is 1. The van der Waals surface area contributed by atoms with Gasteiger partial charge in [-0.1, -0.05) is 48.0 Å². The Morgan fingerprint density at radius 2 is 1.62 bits per heavy atom. The minimum Gasteiger partial charge on any atom is -0.506 e. The van der Waals surface area contributed by atoms with Crippen molar-refractivity contribution in [1.29, 1.82) is 5.26 Å². The number of carbonyl (C=O) groups is 1. The van der Waals surface area contributed by atoms with Gasteiger partial charge in [0.2, 0.25) is 0 Å². The standard InChI is InChI=1S/C23H14ClN3O2/c24-15-11-9-14(10-12-15)21(28)16-5-1-2-6-17(16)22(29)18(13-25)23-26-19-7-3-4-8-20(19)27-23/h1-12,29H,(H,26,27)/b22-18-. The highest BCUT2D eigenvalue weighted by Crippen LogP contribution is 2.28. The van der Waals surface area contributed by atoms with Crippen LogP contribution in [0.25, 0.3) is 22.4 Å². The predicted molar refractivity (Wildman–Crippen MR) is 112 cm³/mol. The number of hydrogen-bond acceptors (Lipinski definition) is 4.